The van der Waals surface area contributed by atoms with Crippen LogP contribution in [-0.2, 0) is 14.3 Å². The molecule has 17 heavy (non-hydrogen) atoms. The van der Waals surface area contributed by atoms with Crippen molar-refractivity contribution in [2.75, 3.05) is 13.2 Å². The molecule has 1 heterocycles. The predicted octanol–water partition coefficient (Wildman–Crippen LogP) is 2.51. The summed E-state index contributed by atoms with van der Waals surface area (Å²) >= 11 is 0. The number of esters is 1. The summed E-state index contributed by atoms with van der Waals surface area (Å²) in [5, 5.41) is 0. The highest BCUT2D eigenvalue weighted by atomic mass is 16.5. The molecule has 1 aromatic carbocycles. The predicted molar refractivity (Wildman–Crippen MR) is 64.8 cm³/mol. The average Bonchev–Trinajstić information content (AvgIpc) is 2.85. The standard InChI is InChI=1S/C14H18O3/c1-2-16-14(15)13(12-9-6-10-17-12)11-7-4-3-5-8-11/h3-5,7-8,12-13H,2,6,9-10H2,1H3. The van der Waals surface area contributed by atoms with Crippen LogP contribution in [0.15, 0.2) is 30.3 Å². The van der Waals surface area contributed by atoms with Gasteiger partial charge >= 0.3 is 5.97 Å². The molecule has 92 valence electrons. The molecule has 1 saturated heterocycles. The summed E-state index contributed by atoms with van der Waals surface area (Å²) in [5.74, 6) is -0.454. The lowest BCUT2D eigenvalue weighted by Gasteiger charge is -2.21. The third kappa shape index (κ3) is 2.86. The molecule has 1 fully saturated rings. The fourth-order valence-corrected chi connectivity index (χ4v) is 2.26. The summed E-state index contributed by atoms with van der Waals surface area (Å²) in [5.41, 5.74) is 0.984. The van der Waals surface area contributed by atoms with Gasteiger partial charge in [0.25, 0.3) is 0 Å². The van der Waals surface area contributed by atoms with E-state index < -0.39 is 0 Å². The second-order valence-electron chi connectivity index (χ2n) is 4.19. The van der Waals surface area contributed by atoms with Gasteiger partial charge in [-0.25, -0.2) is 0 Å². The number of carbonyl (C=O) groups excluding carboxylic acids is 1. The van der Waals surface area contributed by atoms with Crippen molar-refractivity contribution in [1.82, 2.24) is 0 Å². The van der Waals surface area contributed by atoms with Gasteiger partial charge in [-0.05, 0) is 25.3 Å². The molecule has 3 nitrogen and oxygen atoms in total. The fraction of sp³-hybridized carbons (Fsp3) is 0.500. The first-order valence-corrected chi connectivity index (χ1v) is 6.16. The van der Waals surface area contributed by atoms with Gasteiger partial charge in [-0.2, -0.15) is 0 Å². The zero-order valence-corrected chi connectivity index (χ0v) is 10.1. The van der Waals surface area contributed by atoms with Crippen LogP contribution in [0.3, 0.4) is 0 Å². The van der Waals surface area contributed by atoms with Crippen molar-refractivity contribution in [2.24, 2.45) is 0 Å². The van der Waals surface area contributed by atoms with E-state index in [2.05, 4.69) is 0 Å². The number of hydrogen-bond acceptors (Lipinski definition) is 3. The van der Waals surface area contributed by atoms with Crippen LogP contribution >= 0.6 is 0 Å². The van der Waals surface area contributed by atoms with Gasteiger partial charge in [0.15, 0.2) is 0 Å². The largest absolute Gasteiger partial charge is 0.465 e. The first kappa shape index (κ1) is 12.1. The summed E-state index contributed by atoms with van der Waals surface area (Å²) in [4.78, 5) is 12.0. The van der Waals surface area contributed by atoms with Crippen molar-refractivity contribution in [2.45, 2.75) is 31.8 Å². The quantitative estimate of drug-likeness (QED) is 0.751. The summed E-state index contributed by atoms with van der Waals surface area (Å²) in [6.45, 7) is 2.98. The highest BCUT2D eigenvalue weighted by molar-refractivity contribution is 5.79. The average molecular weight is 234 g/mol. The molecule has 0 saturated carbocycles. The minimum atomic E-state index is -0.279. The van der Waals surface area contributed by atoms with Crippen molar-refractivity contribution in [3.05, 3.63) is 35.9 Å². The van der Waals surface area contributed by atoms with Gasteiger partial charge in [-0.1, -0.05) is 30.3 Å². The molecule has 2 atom stereocenters. The van der Waals surface area contributed by atoms with Crippen LogP contribution in [0, 0.1) is 0 Å². The SMILES string of the molecule is CCOC(=O)C(c1ccccc1)C1CCCO1. The van der Waals surface area contributed by atoms with Gasteiger partial charge in [-0.15, -0.1) is 0 Å². The lowest BCUT2D eigenvalue weighted by molar-refractivity contribution is -0.148. The minimum Gasteiger partial charge on any atom is -0.465 e. The van der Waals surface area contributed by atoms with Crippen molar-refractivity contribution in [3.8, 4) is 0 Å². The van der Waals surface area contributed by atoms with Crippen molar-refractivity contribution >= 4 is 5.97 Å². The molecule has 0 aliphatic carbocycles. The van der Waals surface area contributed by atoms with E-state index in [9.17, 15) is 4.79 Å². The van der Waals surface area contributed by atoms with E-state index in [1.54, 1.807) is 0 Å². The summed E-state index contributed by atoms with van der Waals surface area (Å²) in [6.07, 6.45) is 1.92. The monoisotopic (exact) mass is 234 g/mol. The van der Waals surface area contributed by atoms with Crippen LogP contribution in [0.5, 0.6) is 0 Å². The maximum Gasteiger partial charge on any atom is 0.316 e. The molecule has 2 unspecified atom stereocenters. The molecule has 0 bridgehead atoms. The van der Waals surface area contributed by atoms with E-state index in [4.69, 9.17) is 9.47 Å². The molecule has 0 radical (unpaired) electrons. The van der Waals surface area contributed by atoms with Crippen LogP contribution < -0.4 is 0 Å². The highest BCUT2D eigenvalue weighted by Crippen LogP contribution is 2.30. The molecular formula is C14H18O3. The Morgan fingerprint density at radius 1 is 1.47 bits per heavy atom. The smallest absolute Gasteiger partial charge is 0.316 e. The lowest BCUT2D eigenvalue weighted by Crippen LogP contribution is -2.27. The summed E-state index contributed by atoms with van der Waals surface area (Å²) < 4.78 is 10.8. The van der Waals surface area contributed by atoms with Crippen molar-refractivity contribution in [3.63, 3.8) is 0 Å². The van der Waals surface area contributed by atoms with Crippen LogP contribution in [0.1, 0.15) is 31.2 Å². The van der Waals surface area contributed by atoms with E-state index in [0.29, 0.717) is 6.61 Å². The molecule has 1 aromatic rings. The molecule has 0 spiro atoms. The Bertz CT molecular complexity index is 355. The van der Waals surface area contributed by atoms with Gasteiger partial charge in [-0.3, -0.25) is 4.79 Å². The summed E-state index contributed by atoms with van der Waals surface area (Å²) in [7, 11) is 0. The van der Waals surface area contributed by atoms with Gasteiger partial charge in [0, 0.05) is 6.61 Å². The van der Waals surface area contributed by atoms with E-state index in [1.807, 2.05) is 37.3 Å². The Kier molecular flexibility index (Phi) is 4.15. The van der Waals surface area contributed by atoms with Crippen LogP contribution in [0.2, 0.25) is 0 Å². The van der Waals surface area contributed by atoms with E-state index in [-0.39, 0.29) is 18.0 Å². The van der Waals surface area contributed by atoms with Gasteiger partial charge in [0.05, 0.1) is 12.7 Å². The Balaban J connectivity index is 2.20. The molecule has 1 aliphatic heterocycles. The fourth-order valence-electron chi connectivity index (χ4n) is 2.26. The highest BCUT2D eigenvalue weighted by Gasteiger charge is 2.33. The number of hydrogen-bond donors (Lipinski definition) is 0. The first-order chi connectivity index (χ1) is 8.33. The molecule has 0 amide bonds. The number of ether oxygens (including phenoxy) is 2. The topological polar surface area (TPSA) is 35.5 Å². The molecule has 2 rings (SSSR count). The van der Waals surface area contributed by atoms with Crippen LogP contribution in [-0.4, -0.2) is 25.3 Å². The van der Waals surface area contributed by atoms with Crippen molar-refractivity contribution < 1.29 is 14.3 Å². The van der Waals surface area contributed by atoms with Gasteiger partial charge < -0.3 is 9.47 Å². The Morgan fingerprint density at radius 2 is 2.24 bits per heavy atom. The van der Waals surface area contributed by atoms with Crippen LogP contribution in [0.25, 0.3) is 0 Å². The molecule has 1 aliphatic rings. The summed E-state index contributed by atoms with van der Waals surface area (Å²) in [6, 6.07) is 9.75. The lowest BCUT2D eigenvalue weighted by atomic mass is 9.92. The third-order valence-corrected chi connectivity index (χ3v) is 3.04. The van der Waals surface area contributed by atoms with Gasteiger partial charge in [0.1, 0.15) is 5.92 Å². The maximum atomic E-state index is 12.0. The van der Waals surface area contributed by atoms with E-state index >= 15 is 0 Å². The van der Waals surface area contributed by atoms with E-state index in [0.717, 1.165) is 25.0 Å². The number of carbonyl (C=O) groups is 1. The molecular weight excluding hydrogens is 216 g/mol. The van der Waals surface area contributed by atoms with Gasteiger partial charge in [0.2, 0.25) is 0 Å². The molecule has 0 aromatic heterocycles. The van der Waals surface area contributed by atoms with Crippen molar-refractivity contribution in [1.29, 1.82) is 0 Å². The number of benzene rings is 1. The van der Waals surface area contributed by atoms with E-state index in [1.165, 1.54) is 0 Å². The normalized spacial score (nSPS) is 21.1. The first-order valence-electron chi connectivity index (χ1n) is 6.16. The Labute approximate surface area is 102 Å². The zero-order valence-electron chi connectivity index (χ0n) is 10.1. The van der Waals surface area contributed by atoms with Crippen LogP contribution in [0.4, 0.5) is 0 Å². The maximum absolute atomic E-state index is 12.0. The second kappa shape index (κ2) is 5.82. The molecule has 3 heteroatoms. The minimum absolute atomic E-state index is 0.0311. The number of rotatable bonds is 4. The third-order valence-electron chi connectivity index (χ3n) is 3.04. The Hall–Kier alpha value is -1.35. The Morgan fingerprint density at radius 3 is 2.82 bits per heavy atom. The molecule has 0 N–H and O–H groups in total. The zero-order chi connectivity index (χ0) is 12.1. The second-order valence-corrected chi connectivity index (χ2v) is 4.19.